The first-order valence-electron chi connectivity index (χ1n) is 6.61. The molecule has 23 heavy (non-hydrogen) atoms. The smallest absolute Gasteiger partial charge is 0.276 e. The molecule has 1 amide bonds. The van der Waals surface area contributed by atoms with Crippen LogP contribution in [0.1, 0.15) is 10.5 Å². The van der Waals surface area contributed by atoms with Crippen LogP contribution in [0.25, 0.3) is 0 Å². The fourth-order valence-electron chi connectivity index (χ4n) is 1.98. The second-order valence-corrected chi connectivity index (χ2v) is 6.27. The number of benzene rings is 1. The lowest BCUT2D eigenvalue weighted by Gasteiger charge is -2.03. The maximum Gasteiger partial charge on any atom is 0.276 e. The molecule has 0 bridgehead atoms. The zero-order chi connectivity index (χ0) is 15.6. The van der Waals surface area contributed by atoms with Crippen LogP contribution in [0.2, 0.25) is 0 Å². The Balaban J connectivity index is 1.46. The van der Waals surface area contributed by atoms with Crippen LogP contribution in [0.4, 0.5) is 16.0 Å². The maximum absolute atomic E-state index is 12.1. The number of amides is 1. The second-order valence-electron chi connectivity index (χ2n) is 4.52. The van der Waals surface area contributed by atoms with Crippen molar-refractivity contribution < 1.29 is 14.3 Å². The van der Waals surface area contributed by atoms with Crippen molar-refractivity contribution in [2.75, 3.05) is 17.4 Å². The van der Waals surface area contributed by atoms with E-state index in [-0.39, 0.29) is 12.7 Å². The Morgan fingerprint density at radius 2 is 2.09 bits per heavy atom. The average Bonchev–Trinajstić information content (AvgIpc) is 3.27. The van der Waals surface area contributed by atoms with Crippen LogP contribution in [-0.2, 0) is 0 Å². The number of thiazole rings is 2. The van der Waals surface area contributed by atoms with Crippen molar-refractivity contribution in [1.29, 1.82) is 0 Å². The third-order valence-corrected chi connectivity index (χ3v) is 4.46. The number of nitrogens with zero attached hydrogens (tertiary/aromatic N) is 2. The van der Waals surface area contributed by atoms with Gasteiger partial charge in [-0.25, -0.2) is 9.97 Å². The van der Waals surface area contributed by atoms with Crippen molar-refractivity contribution in [3.63, 3.8) is 0 Å². The summed E-state index contributed by atoms with van der Waals surface area (Å²) in [5, 5.41) is 10.5. The second kappa shape index (κ2) is 5.86. The van der Waals surface area contributed by atoms with E-state index in [9.17, 15) is 4.79 Å². The lowest BCUT2D eigenvalue weighted by molar-refractivity contribution is 0.102. The topological polar surface area (TPSA) is 85.4 Å². The largest absolute Gasteiger partial charge is 0.454 e. The van der Waals surface area contributed by atoms with Crippen molar-refractivity contribution in [2.45, 2.75) is 0 Å². The summed E-state index contributed by atoms with van der Waals surface area (Å²) in [7, 11) is 0. The van der Waals surface area contributed by atoms with Crippen LogP contribution in [0.15, 0.2) is 35.2 Å². The molecule has 116 valence electrons. The first-order chi connectivity index (χ1) is 11.3. The first kappa shape index (κ1) is 14.0. The van der Waals surface area contributed by atoms with Gasteiger partial charge in [0.2, 0.25) is 6.79 Å². The predicted molar refractivity (Wildman–Crippen MR) is 88.0 cm³/mol. The van der Waals surface area contributed by atoms with Crippen LogP contribution < -0.4 is 20.1 Å². The van der Waals surface area contributed by atoms with Gasteiger partial charge in [-0.3, -0.25) is 10.1 Å². The maximum atomic E-state index is 12.1. The third kappa shape index (κ3) is 2.96. The minimum absolute atomic E-state index is 0.233. The number of nitrogens with one attached hydrogen (secondary N) is 2. The number of rotatable bonds is 4. The Morgan fingerprint density at radius 1 is 1.17 bits per heavy atom. The molecule has 1 aliphatic heterocycles. The summed E-state index contributed by atoms with van der Waals surface area (Å²) in [4.78, 5) is 20.4. The number of hydrogen-bond acceptors (Lipinski definition) is 8. The molecule has 2 N–H and O–H groups in total. The molecule has 0 saturated heterocycles. The van der Waals surface area contributed by atoms with Crippen LogP contribution in [0.3, 0.4) is 0 Å². The van der Waals surface area contributed by atoms with Crippen molar-refractivity contribution in [3.8, 4) is 11.5 Å². The number of hydrogen-bond donors (Lipinski definition) is 2. The number of ether oxygens (including phenoxy) is 2. The van der Waals surface area contributed by atoms with Crippen LogP contribution in [-0.4, -0.2) is 22.7 Å². The molecule has 9 heteroatoms. The molecule has 1 aliphatic rings. The first-order valence-corrected chi connectivity index (χ1v) is 8.37. The molecule has 0 fully saturated rings. The molecular formula is C14H10N4O3S2. The third-order valence-electron chi connectivity index (χ3n) is 3.01. The molecule has 3 aromatic rings. The summed E-state index contributed by atoms with van der Waals surface area (Å²) in [6.07, 6.45) is 1.63. The van der Waals surface area contributed by atoms with Gasteiger partial charge in [0, 0.05) is 28.7 Å². The molecule has 4 rings (SSSR count). The highest BCUT2D eigenvalue weighted by Crippen LogP contribution is 2.35. The summed E-state index contributed by atoms with van der Waals surface area (Å²) >= 11 is 2.70. The molecule has 0 saturated carbocycles. The molecule has 3 heterocycles. The SMILES string of the molecule is O=C(Nc1nccs1)c1csc(Nc2ccc3c(c2)OCO3)n1. The summed E-state index contributed by atoms with van der Waals surface area (Å²) < 4.78 is 10.6. The van der Waals surface area contributed by atoms with Gasteiger partial charge in [0.1, 0.15) is 5.69 Å². The zero-order valence-electron chi connectivity index (χ0n) is 11.6. The van der Waals surface area contributed by atoms with Gasteiger partial charge in [-0.2, -0.15) is 0 Å². The Hall–Kier alpha value is -2.65. The number of aromatic nitrogens is 2. The molecule has 7 nitrogen and oxygen atoms in total. The van der Waals surface area contributed by atoms with E-state index in [1.807, 2.05) is 18.2 Å². The highest BCUT2D eigenvalue weighted by molar-refractivity contribution is 7.14. The van der Waals surface area contributed by atoms with Crippen molar-refractivity contribution in [3.05, 3.63) is 40.8 Å². The Kier molecular flexibility index (Phi) is 3.56. The lowest BCUT2D eigenvalue weighted by atomic mass is 10.3. The Labute approximate surface area is 138 Å². The van der Waals surface area contributed by atoms with E-state index in [1.165, 1.54) is 22.7 Å². The van der Waals surface area contributed by atoms with Gasteiger partial charge in [-0.15, -0.1) is 22.7 Å². The van der Waals surface area contributed by atoms with E-state index >= 15 is 0 Å². The van der Waals surface area contributed by atoms with Gasteiger partial charge in [0.05, 0.1) is 0 Å². The van der Waals surface area contributed by atoms with Gasteiger partial charge < -0.3 is 14.8 Å². The van der Waals surface area contributed by atoms with Gasteiger partial charge in [0.15, 0.2) is 21.8 Å². The molecule has 0 atom stereocenters. The fourth-order valence-corrected chi connectivity index (χ4v) is 3.21. The summed E-state index contributed by atoms with van der Waals surface area (Å²) in [6.45, 7) is 0.233. The van der Waals surface area contributed by atoms with Gasteiger partial charge in [-0.05, 0) is 12.1 Å². The lowest BCUT2D eigenvalue weighted by Crippen LogP contribution is -2.12. The molecule has 0 spiro atoms. The summed E-state index contributed by atoms with van der Waals surface area (Å²) in [6, 6.07) is 5.53. The molecule has 1 aromatic carbocycles. The fraction of sp³-hybridized carbons (Fsp3) is 0.0714. The van der Waals surface area contributed by atoms with Gasteiger partial charge >= 0.3 is 0 Å². The minimum atomic E-state index is -0.282. The highest BCUT2D eigenvalue weighted by atomic mass is 32.1. The zero-order valence-corrected chi connectivity index (χ0v) is 13.2. The normalized spacial score (nSPS) is 12.2. The van der Waals surface area contributed by atoms with Crippen LogP contribution in [0, 0.1) is 0 Å². The Morgan fingerprint density at radius 3 is 2.96 bits per heavy atom. The standard InChI is InChI=1S/C14H10N4O3S2/c19-12(18-13-15-3-4-22-13)9-6-23-14(17-9)16-8-1-2-10-11(5-8)21-7-20-10/h1-6H,7H2,(H,16,17)(H,15,18,19). The van der Waals surface area contributed by atoms with Crippen LogP contribution >= 0.6 is 22.7 Å². The molecule has 2 aromatic heterocycles. The predicted octanol–water partition coefficient (Wildman–Crippen LogP) is 3.32. The molecule has 0 unspecified atom stereocenters. The average molecular weight is 346 g/mol. The van der Waals surface area contributed by atoms with Crippen LogP contribution in [0.5, 0.6) is 11.5 Å². The quantitative estimate of drug-likeness (QED) is 0.754. The number of carbonyl (C=O) groups is 1. The van der Waals surface area contributed by atoms with Crippen molar-refractivity contribution >= 4 is 44.5 Å². The Bertz CT molecular complexity index is 848. The van der Waals surface area contributed by atoms with E-state index in [1.54, 1.807) is 17.0 Å². The van der Waals surface area contributed by atoms with E-state index in [4.69, 9.17) is 9.47 Å². The molecular weight excluding hydrogens is 336 g/mol. The minimum Gasteiger partial charge on any atom is -0.454 e. The highest BCUT2D eigenvalue weighted by Gasteiger charge is 2.15. The van der Waals surface area contributed by atoms with Gasteiger partial charge in [-0.1, -0.05) is 0 Å². The van der Waals surface area contributed by atoms with E-state index < -0.39 is 0 Å². The van der Waals surface area contributed by atoms with Gasteiger partial charge in [0.25, 0.3) is 5.91 Å². The van der Waals surface area contributed by atoms with Crippen molar-refractivity contribution in [1.82, 2.24) is 9.97 Å². The van der Waals surface area contributed by atoms with Crippen molar-refractivity contribution in [2.24, 2.45) is 0 Å². The monoisotopic (exact) mass is 346 g/mol. The van der Waals surface area contributed by atoms with E-state index in [0.29, 0.717) is 21.7 Å². The van der Waals surface area contributed by atoms with E-state index in [0.717, 1.165) is 11.4 Å². The molecule has 0 aliphatic carbocycles. The number of carbonyl (C=O) groups excluding carboxylic acids is 1. The molecule has 0 radical (unpaired) electrons. The van der Waals surface area contributed by atoms with E-state index in [2.05, 4.69) is 20.6 Å². The number of anilines is 3. The summed E-state index contributed by atoms with van der Waals surface area (Å²) in [5.41, 5.74) is 1.16. The number of fused-ring (bicyclic) bond motifs is 1. The summed E-state index contributed by atoms with van der Waals surface area (Å²) in [5.74, 6) is 1.13.